The highest BCUT2D eigenvalue weighted by atomic mass is 35.5. The molecule has 0 radical (unpaired) electrons. The highest BCUT2D eigenvalue weighted by Crippen LogP contribution is 2.46. The quantitative estimate of drug-likeness (QED) is 0.839. The molecule has 3 heterocycles. The summed E-state index contributed by atoms with van der Waals surface area (Å²) < 4.78 is 6.02. The van der Waals surface area contributed by atoms with Crippen molar-refractivity contribution in [3.63, 3.8) is 0 Å². The number of rotatable bonds is 2. The Bertz CT molecular complexity index is 586. The summed E-state index contributed by atoms with van der Waals surface area (Å²) in [6.07, 6.45) is 1.48. The number of benzene rings is 1. The minimum absolute atomic E-state index is 0.170. The lowest BCUT2D eigenvalue weighted by atomic mass is 10.0. The Morgan fingerprint density at radius 2 is 2.29 bits per heavy atom. The second-order valence-corrected chi connectivity index (χ2v) is 6.62. The zero-order valence-electron chi connectivity index (χ0n) is 12.1. The number of hydrogen-bond donors (Lipinski definition) is 0. The molecule has 3 aliphatic heterocycles. The minimum atomic E-state index is -0.355. The average molecular weight is 307 g/mol. The normalized spacial score (nSPS) is 31.8. The van der Waals surface area contributed by atoms with Crippen LogP contribution in [0, 0.1) is 6.92 Å². The van der Waals surface area contributed by atoms with Crippen molar-refractivity contribution < 1.29 is 9.53 Å². The van der Waals surface area contributed by atoms with Crippen LogP contribution in [0.1, 0.15) is 24.0 Å². The number of hydrogen-bond acceptors (Lipinski definition) is 3. The first-order valence-electron chi connectivity index (χ1n) is 7.54. The third-order valence-electron chi connectivity index (χ3n) is 5.23. The maximum atomic E-state index is 12.2. The van der Waals surface area contributed by atoms with E-state index in [9.17, 15) is 4.79 Å². The Morgan fingerprint density at radius 3 is 3.10 bits per heavy atom. The van der Waals surface area contributed by atoms with Gasteiger partial charge in [-0.15, -0.1) is 0 Å². The standard InChI is InChI=1S/C16H19ClN2O2/c1-11-3-2-4-13(17)12(11)10-18-6-5-16-14(18)9-15(20)19(16)7-8-21-16/h2-4,14H,5-10H2,1H3/t14-,16+/m1/s1. The van der Waals surface area contributed by atoms with E-state index in [-0.39, 0.29) is 17.7 Å². The van der Waals surface area contributed by atoms with E-state index in [1.807, 2.05) is 17.0 Å². The van der Waals surface area contributed by atoms with Gasteiger partial charge in [0.25, 0.3) is 0 Å². The second kappa shape index (κ2) is 4.70. The first kappa shape index (κ1) is 13.6. The summed E-state index contributed by atoms with van der Waals surface area (Å²) in [6, 6.07) is 6.18. The number of carbonyl (C=O) groups excluding carboxylic acids is 1. The first-order chi connectivity index (χ1) is 10.1. The summed E-state index contributed by atoms with van der Waals surface area (Å²) in [4.78, 5) is 16.5. The minimum Gasteiger partial charge on any atom is -0.352 e. The van der Waals surface area contributed by atoms with Gasteiger partial charge >= 0.3 is 0 Å². The molecule has 3 fully saturated rings. The third-order valence-corrected chi connectivity index (χ3v) is 5.58. The lowest BCUT2D eigenvalue weighted by Crippen LogP contribution is -2.47. The van der Waals surface area contributed by atoms with Gasteiger partial charge in [-0.05, 0) is 24.1 Å². The van der Waals surface area contributed by atoms with Crippen LogP contribution in [0.2, 0.25) is 5.02 Å². The molecule has 112 valence electrons. The van der Waals surface area contributed by atoms with Crippen LogP contribution in [-0.4, -0.2) is 47.2 Å². The molecule has 1 aromatic carbocycles. The molecule has 0 N–H and O–H groups in total. The van der Waals surface area contributed by atoms with Gasteiger partial charge in [0.2, 0.25) is 5.91 Å². The number of carbonyl (C=O) groups is 1. The molecule has 3 aliphatic rings. The van der Waals surface area contributed by atoms with Gasteiger partial charge in [-0.25, -0.2) is 0 Å². The van der Waals surface area contributed by atoms with Crippen molar-refractivity contribution in [1.29, 1.82) is 0 Å². The first-order valence-corrected chi connectivity index (χ1v) is 7.92. The SMILES string of the molecule is Cc1cccc(Cl)c1CN1CC[C@@]23OCCN2C(=O)C[C@@H]13. The molecule has 1 spiro atoms. The molecule has 5 heteroatoms. The van der Waals surface area contributed by atoms with E-state index in [1.54, 1.807) is 0 Å². The van der Waals surface area contributed by atoms with Gasteiger partial charge in [0.1, 0.15) is 0 Å². The Balaban J connectivity index is 1.62. The summed E-state index contributed by atoms with van der Waals surface area (Å²) in [5.74, 6) is 0.234. The van der Waals surface area contributed by atoms with Crippen molar-refractivity contribution >= 4 is 17.5 Å². The van der Waals surface area contributed by atoms with Crippen molar-refractivity contribution in [3.8, 4) is 0 Å². The molecule has 4 rings (SSSR count). The summed E-state index contributed by atoms with van der Waals surface area (Å²) in [5.41, 5.74) is 2.02. The van der Waals surface area contributed by atoms with E-state index < -0.39 is 0 Å². The van der Waals surface area contributed by atoms with Crippen molar-refractivity contribution in [3.05, 3.63) is 34.3 Å². The molecule has 21 heavy (non-hydrogen) atoms. The van der Waals surface area contributed by atoms with Gasteiger partial charge in [-0.3, -0.25) is 9.69 Å². The fourth-order valence-electron chi connectivity index (χ4n) is 4.13. The molecule has 4 nitrogen and oxygen atoms in total. The van der Waals surface area contributed by atoms with Gasteiger partial charge in [-0.1, -0.05) is 23.7 Å². The summed E-state index contributed by atoms with van der Waals surface area (Å²) in [7, 11) is 0. The second-order valence-electron chi connectivity index (χ2n) is 6.21. The molecule has 0 saturated carbocycles. The predicted molar refractivity (Wildman–Crippen MR) is 80.0 cm³/mol. The van der Waals surface area contributed by atoms with E-state index in [0.29, 0.717) is 13.0 Å². The highest BCUT2D eigenvalue weighted by Gasteiger charge is 2.61. The van der Waals surface area contributed by atoms with Crippen LogP contribution in [-0.2, 0) is 16.1 Å². The molecule has 0 unspecified atom stereocenters. The Morgan fingerprint density at radius 1 is 1.43 bits per heavy atom. The molecule has 0 aliphatic carbocycles. The Hall–Kier alpha value is -1.10. The van der Waals surface area contributed by atoms with Crippen LogP contribution in [0.3, 0.4) is 0 Å². The predicted octanol–water partition coefficient (Wildman–Crippen LogP) is 2.18. The van der Waals surface area contributed by atoms with Crippen LogP contribution >= 0.6 is 11.6 Å². The topological polar surface area (TPSA) is 32.8 Å². The van der Waals surface area contributed by atoms with E-state index in [0.717, 1.165) is 31.1 Å². The van der Waals surface area contributed by atoms with E-state index >= 15 is 0 Å². The van der Waals surface area contributed by atoms with E-state index in [2.05, 4.69) is 17.9 Å². The molecule has 0 aromatic heterocycles. The highest BCUT2D eigenvalue weighted by molar-refractivity contribution is 6.31. The number of amides is 1. The van der Waals surface area contributed by atoms with Gasteiger partial charge in [0.15, 0.2) is 5.72 Å². The molecule has 3 saturated heterocycles. The molecule has 1 amide bonds. The van der Waals surface area contributed by atoms with Crippen molar-refractivity contribution in [1.82, 2.24) is 9.80 Å². The van der Waals surface area contributed by atoms with E-state index in [1.165, 1.54) is 11.1 Å². The van der Waals surface area contributed by atoms with Crippen LogP contribution in [0.15, 0.2) is 18.2 Å². The smallest absolute Gasteiger partial charge is 0.226 e. The number of likely N-dealkylation sites (tertiary alicyclic amines) is 1. The van der Waals surface area contributed by atoms with Crippen LogP contribution < -0.4 is 0 Å². The number of ether oxygens (including phenoxy) is 1. The molecule has 1 aromatic rings. The fourth-order valence-corrected chi connectivity index (χ4v) is 4.42. The molecular formula is C16H19ClN2O2. The zero-order valence-corrected chi connectivity index (χ0v) is 12.9. The van der Waals surface area contributed by atoms with Crippen molar-refractivity contribution in [2.75, 3.05) is 19.7 Å². The van der Waals surface area contributed by atoms with Crippen LogP contribution in [0.25, 0.3) is 0 Å². The maximum Gasteiger partial charge on any atom is 0.226 e. The molecule has 0 bridgehead atoms. The van der Waals surface area contributed by atoms with Gasteiger partial charge in [0, 0.05) is 37.5 Å². The summed E-state index contributed by atoms with van der Waals surface area (Å²) >= 11 is 6.35. The summed E-state index contributed by atoms with van der Waals surface area (Å²) in [5, 5.41) is 0.810. The van der Waals surface area contributed by atoms with Crippen LogP contribution in [0.5, 0.6) is 0 Å². The van der Waals surface area contributed by atoms with Crippen molar-refractivity contribution in [2.45, 2.75) is 38.1 Å². The maximum absolute atomic E-state index is 12.2. The fraction of sp³-hybridized carbons (Fsp3) is 0.562. The third kappa shape index (κ3) is 1.86. The van der Waals surface area contributed by atoms with Gasteiger partial charge in [-0.2, -0.15) is 0 Å². The Kier molecular flexibility index (Phi) is 3.03. The monoisotopic (exact) mass is 306 g/mol. The Labute approximate surface area is 129 Å². The van der Waals surface area contributed by atoms with Crippen molar-refractivity contribution in [2.24, 2.45) is 0 Å². The number of halogens is 1. The number of aryl methyl sites for hydroxylation is 1. The average Bonchev–Trinajstić information content (AvgIpc) is 3.07. The van der Waals surface area contributed by atoms with Gasteiger partial charge in [0.05, 0.1) is 12.6 Å². The lowest BCUT2D eigenvalue weighted by molar-refractivity contribution is -0.136. The zero-order chi connectivity index (χ0) is 14.6. The summed E-state index contributed by atoms with van der Waals surface area (Å²) in [6.45, 7) is 5.25. The lowest BCUT2D eigenvalue weighted by Gasteiger charge is -2.32. The van der Waals surface area contributed by atoms with Gasteiger partial charge < -0.3 is 9.64 Å². The number of nitrogens with zero attached hydrogens (tertiary/aromatic N) is 2. The van der Waals surface area contributed by atoms with E-state index in [4.69, 9.17) is 16.3 Å². The largest absolute Gasteiger partial charge is 0.352 e. The molecule has 2 atom stereocenters. The molecular weight excluding hydrogens is 288 g/mol. The van der Waals surface area contributed by atoms with Crippen LogP contribution in [0.4, 0.5) is 0 Å².